The van der Waals surface area contributed by atoms with Crippen LogP contribution in [0, 0.1) is 26.6 Å². The number of hydrogen-bond donors (Lipinski definition) is 3. The summed E-state index contributed by atoms with van der Waals surface area (Å²) in [5.41, 5.74) is 6.94. The standard InChI is InChI=1S/C26H30FN3O/c1-17-13-18(2)15-24(14-17)30-26(31)29-23-11-12-25(19(3)16-23)28-20(4)5-6-21-7-9-22(27)10-8-21/h7-16,20,28H,5-6H2,1-4H3,(H2,29,30,31). The second-order valence-electron chi connectivity index (χ2n) is 8.20. The zero-order valence-corrected chi connectivity index (χ0v) is 18.6. The minimum absolute atomic E-state index is 0.207. The first-order valence-corrected chi connectivity index (χ1v) is 10.6. The summed E-state index contributed by atoms with van der Waals surface area (Å²) in [4.78, 5) is 12.4. The van der Waals surface area contributed by atoms with Crippen LogP contribution in [0.25, 0.3) is 0 Å². The van der Waals surface area contributed by atoms with E-state index in [9.17, 15) is 9.18 Å². The third-order valence-electron chi connectivity index (χ3n) is 5.15. The fraction of sp³-hybridized carbons (Fsp3) is 0.269. The van der Waals surface area contributed by atoms with Crippen LogP contribution in [-0.4, -0.2) is 12.1 Å². The maximum Gasteiger partial charge on any atom is 0.323 e. The number of benzene rings is 3. The van der Waals surface area contributed by atoms with Gasteiger partial charge in [0.25, 0.3) is 0 Å². The van der Waals surface area contributed by atoms with Crippen molar-refractivity contribution in [3.05, 3.63) is 88.7 Å². The normalized spacial score (nSPS) is 11.6. The largest absolute Gasteiger partial charge is 0.382 e. The maximum atomic E-state index is 13.0. The lowest BCUT2D eigenvalue weighted by molar-refractivity contribution is 0.262. The van der Waals surface area contributed by atoms with Crippen molar-refractivity contribution in [3.63, 3.8) is 0 Å². The smallest absolute Gasteiger partial charge is 0.323 e. The number of aryl methyl sites for hydroxylation is 4. The Kier molecular flexibility index (Phi) is 7.29. The highest BCUT2D eigenvalue weighted by atomic mass is 19.1. The van der Waals surface area contributed by atoms with Gasteiger partial charge in [-0.25, -0.2) is 9.18 Å². The fourth-order valence-electron chi connectivity index (χ4n) is 3.62. The van der Waals surface area contributed by atoms with E-state index < -0.39 is 0 Å². The summed E-state index contributed by atoms with van der Waals surface area (Å²) in [6.45, 7) is 8.16. The van der Waals surface area contributed by atoms with Crippen molar-refractivity contribution in [2.45, 2.75) is 46.6 Å². The molecule has 162 valence electrons. The van der Waals surface area contributed by atoms with Crippen molar-refractivity contribution >= 4 is 23.1 Å². The zero-order chi connectivity index (χ0) is 22.4. The molecule has 0 aromatic heterocycles. The summed E-state index contributed by atoms with van der Waals surface area (Å²) in [5, 5.41) is 9.30. The molecular weight excluding hydrogens is 389 g/mol. The first kappa shape index (κ1) is 22.3. The fourth-order valence-corrected chi connectivity index (χ4v) is 3.62. The van der Waals surface area contributed by atoms with Crippen molar-refractivity contribution in [2.75, 3.05) is 16.0 Å². The summed E-state index contributed by atoms with van der Waals surface area (Å²) in [7, 11) is 0. The van der Waals surface area contributed by atoms with E-state index in [1.807, 2.05) is 63.2 Å². The Morgan fingerprint density at radius 3 is 2.16 bits per heavy atom. The lowest BCUT2D eigenvalue weighted by Crippen LogP contribution is -2.20. The van der Waals surface area contributed by atoms with Gasteiger partial charge in [0.1, 0.15) is 5.82 Å². The van der Waals surface area contributed by atoms with Gasteiger partial charge in [-0.3, -0.25) is 0 Å². The molecule has 3 N–H and O–H groups in total. The van der Waals surface area contributed by atoms with E-state index in [1.165, 1.54) is 12.1 Å². The molecule has 1 atom stereocenters. The molecule has 1 unspecified atom stereocenters. The van der Waals surface area contributed by atoms with Gasteiger partial charge in [-0.15, -0.1) is 0 Å². The van der Waals surface area contributed by atoms with Crippen LogP contribution >= 0.6 is 0 Å². The molecule has 3 aromatic carbocycles. The minimum atomic E-state index is -0.266. The molecule has 4 nitrogen and oxygen atoms in total. The Morgan fingerprint density at radius 1 is 0.871 bits per heavy atom. The van der Waals surface area contributed by atoms with E-state index in [-0.39, 0.29) is 17.9 Å². The van der Waals surface area contributed by atoms with E-state index in [1.54, 1.807) is 0 Å². The van der Waals surface area contributed by atoms with Gasteiger partial charge in [0, 0.05) is 23.1 Å². The van der Waals surface area contributed by atoms with Gasteiger partial charge in [-0.05, 0) is 105 Å². The number of carbonyl (C=O) groups is 1. The average molecular weight is 420 g/mol. The van der Waals surface area contributed by atoms with Crippen LogP contribution in [0.1, 0.15) is 35.6 Å². The van der Waals surface area contributed by atoms with E-state index in [0.29, 0.717) is 0 Å². The molecule has 0 aliphatic heterocycles. The summed E-state index contributed by atoms with van der Waals surface area (Å²) in [6.07, 6.45) is 1.81. The summed E-state index contributed by atoms with van der Waals surface area (Å²) >= 11 is 0. The van der Waals surface area contributed by atoms with Gasteiger partial charge < -0.3 is 16.0 Å². The molecule has 0 aliphatic carbocycles. The van der Waals surface area contributed by atoms with Crippen molar-refractivity contribution < 1.29 is 9.18 Å². The Hall–Kier alpha value is -3.34. The third kappa shape index (κ3) is 6.85. The maximum absolute atomic E-state index is 13.0. The van der Waals surface area contributed by atoms with Crippen LogP contribution in [0.4, 0.5) is 26.2 Å². The number of anilines is 3. The Morgan fingerprint density at radius 2 is 1.52 bits per heavy atom. The number of nitrogens with one attached hydrogen (secondary N) is 3. The SMILES string of the molecule is Cc1cc(C)cc(NC(=O)Nc2ccc(NC(C)CCc3ccc(F)cc3)c(C)c2)c1. The van der Waals surface area contributed by atoms with E-state index >= 15 is 0 Å². The highest BCUT2D eigenvalue weighted by Crippen LogP contribution is 2.22. The predicted molar refractivity (Wildman–Crippen MR) is 128 cm³/mol. The molecule has 2 amide bonds. The van der Waals surface area contributed by atoms with Crippen LogP contribution in [0.15, 0.2) is 60.7 Å². The van der Waals surface area contributed by atoms with E-state index in [2.05, 4.69) is 28.9 Å². The van der Waals surface area contributed by atoms with Crippen LogP contribution in [0.2, 0.25) is 0 Å². The quantitative estimate of drug-likeness (QED) is 0.393. The van der Waals surface area contributed by atoms with Crippen molar-refractivity contribution in [2.24, 2.45) is 0 Å². The molecule has 0 bridgehead atoms. The van der Waals surface area contributed by atoms with Gasteiger partial charge in [-0.2, -0.15) is 0 Å². The first-order chi connectivity index (χ1) is 14.8. The molecule has 3 rings (SSSR count). The van der Waals surface area contributed by atoms with E-state index in [0.717, 1.165) is 52.2 Å². The highest BCUT2D eigenvalue weighted by molar-refractivity contribution is 6.00. The van der Waals surface area contributed by atoms with Crippen molar-refractivity contribution in [1.82, 2.24) is 0 Å². The summed E-state index contributed by atoms with van der Waals surface area (Å²) in [5.74, 6) is -0.207. The Labute approximate surface area is 183 Å². The monoisotopic (exact) mass is 419 g/mol. The van der Waals surface area contributed by atoms with Gasteiger partial charge in [0.2, 0.25) is 0 Å². The lowest BCUT2D eigenvalue weighted by atomic mass is 10.1. The molecule has 0 saturated heterocycles. The van der Waals surface area contributed by atoms with Gasteiger partial charge >= 0.3 is 6.03 Å². The average Bonchev–Trinajstić information content (AvgIpc) is 2.69. The van der Waals surface area contributed by atoms with Crippen molar-refractivity contribution in [3.8, 4) is 0 Å². The van der Waals surface area contributed by atoms with Crippen LogP contribution in [0.3, 0.4) is 0 Å². The van der Waals surface area contributed by atoms with Gasteiger partial charge in [0.05, 0.1) is 0 Å². The molecule has 0 saturated carbocycles. The van der Waals surface area contributed by atoms with Gasteiger partial charge in [0.15, 0.2) is 0 Å². The van der Waals surface area contributed by atoms with Crippen molar-refractivity contribution in [1.29, 1.82) is 0 Å². The van der Waals surface area contributed by atoms with Crippen LogP contribution < -0.4 is 16.0 Å². The van der Waals surface area contributed by atoms with Crippen LogP contribution in [-0.2, 0) is 6.42 Å². The number of amides is 2. The number of hydrogen-bond acceptors (Lipinski definition) is 2. The number of halogens is 1. The minimum Gasteiger partial charge on any atom is -0.382 e. The molecule has 0 radical (unpaired) electrons. The second-order valence-corrected chi connectivity index (χ2v) is 8.20. The molecule has 0 fully saturated rings. The number of urea groups is 1. The zero-order valence-electron chi connectivity index (χ0n) is 18.6. The molecular formula is C26H30FN3O. The second kappa shape index (κ2) is 10.1. The highest BCUT2D eigenvalue weighted by Gasteiger charge is 2.08. The molecule has 31 heavy (non-hydrogen) atoms. The van der Waals surface area contributed by atoms with Crippen LogP contribution in [0.5, 0.6) is 0 Å². The Bertz CT molecular complexity index is 1030. The van der Waals surface area contributed by atoms with Gasteiger partial charge in [-0.1, -0.05) is 18.2 Å². The number of rotatable bonds is 7. The Balaban J connectivity index is 1.53. The summed E-state index contributed by atoms with van der Waals surface area (Å²) < 4.78 is 13.0. The predicted octanol–water partition coefficient (Wildman–Crippen LogP) is 6.83. The molecule has 5 heteroatoms. The molecule has 3 aromatic rings. The van der Waals surface area contributed by atoms with E-state index in [4.69, 9.17) is 0 Å². The first-order valence-electron chi connectivity index (χ1n) is 10.6. The molecule has 0 spiro atoms. The molecule has 0 heterocycles. The lowest BCUT2D eigenvalue weighted by Gasteiger charge is -2.18. The molecule has 0 aliphatic rings. The topological polar surface area (TPSA) is 53.2 Å². The summed E-state index contributed by atoms with van der Waals surface area (Å²) in [6, 6.07) is 18.4. The number of carbonyl (C=O) groups excluding carboxylic acids is 1. The third-order valence-corrected chi connectivity index (χ3v) is 5.15.